The number of fused-ring (bicyclic) bond motifs is 1. The minimum absolute atomic E-state index is 0.00349. The summed E-state index contributed by atoms with van der Waals surface area (Å²) >= 11 is 1.67. The lowest BCUT2D eigenvalue weighted by atomic mass is 10.1. The molecular weight excluding hydrogens is 394 g/mol. The molecule has 1 fully saturated rings. The number of thiophene rings is 1. The number of aryl methyl sites for hydroxylation is 1. The van der Waals surface area contributed by atoms with Crippen LogP contribution in [-0.2, 0) is 0 Å². The molecule has 1 saturated carbocycles. The third-order valence-electron chi connectivity index (χ3n) is 5.78. The average molecular weight is 418 g/mol. The van der Waals surface area contributed by atoms with E-state index in [0.29, 0.717) is 22.9 Å². The molecule has 0 aromatic carbocycles. The Hall–Kier alpha value is -3.06. The Morgan fingerprint density at radius 1 is 1.27 bits per heavy atom. The van der Waals surface area contributed by atoms with Crippen LogP contribution in [0.25, 0.3) is 16.9 Å². The number of aromatic nitrogens is 4. The molecule has 1 amide bonds. The second-order valence-corrected chi connectivity index (χ2v) is 8.84. The van der Waals surface area contributed by atoms with E-state index in [1.165, 1.54) is 4.88 Å². The summed E-state index contributed by atoms with van der Waals surface area (Å²) in [6.07, 6.45) is 3.97. The number of carbonyl (C=O) groups excluding carboxylic acids is 1. The van der Waals surface area contributed by atoms with Crippen molar-refractivity contribution in [1.82, 2.24) is 24.6 Å². The third-order valence-corrected chi connectivity index (χ3v) is 6.82. The fraction of sp³-hybridized carbons (Fsp3) is 0.304. The number of pyridine rings is 2. The van der Waals surface area contributed by atoms with Crippen molar-refractivity contribution in [2.45, 2.75) is 38.6 Å². The van der Waals surface area contributed by atoms with Crippen LogP contribution in [0.15, 0.2) is 48.0 Å². The molecular formula is C23H23N5OS. The lowest BCUT2D eigenvalue weighted by Gasteiger charge is -2.24. The zero-order valence-corrected chi connectivity index (χ0v) is 18.1. The summed E-state index contributed by atoms with van der Waals surface area (Å²) in [7, 11) is 1.87. The SMILES string of the molecule is Cc1nn(-c2ccccn2)c2nc(C3CC3)cc(C(=O)N(C)C(C)c3cccs3)c12. The maximum atomic E-state index is 13.6. The van der Waals surface area contributed by atoms with Gasteiger partial charge in [-0.25, -0.2) is 9.97 Å². The van der Waals surface area contributed by atoms with Gasteiger partial charge in [-0.3, -0.25) is 4.79 Å². The van der Waals surface area contributed by atoms with Crippen molar-refractivity contribution in [3.8, 4) is 5.82 Å². The first-order chi connectivity index (χ1) is 14.5. The Morgan fingerprint density at radius 3 is 2.77 bits per heavy atom. The summed E-state index contributed by atoms with van der Waals surface area (Å²) in [4.78, 5) is 26.0. The third kappa shape index (κ3) is 3.19. The molecule has 0 bridgehead atoms. The van der Waals surface area contributed by atoms with Gasteiger partial charge >= 0.3 is 0 Å². The quantitative estimate of drug-likeness (QED) is 0.463. The van der Waals surface area contributed by atoms with Gasteiger partial charge in [-0.15, -0.1) is 11.3 Å². The minimum Gasteiger partial charge on any atom is -0.334 e. The molecule has 0 aliphatic heterocycles. The van der Waals surface area contributed by atoms with Crippen molar-refractivity contribution in [3.63, 3.8) is 0 Å². The summed E-state index contributed by atoms with van der Waals surface area (Å²) in [6, 6.07) is 11.8. The van der Waals surface area contributed by atoms with E-state index in [1.54, 1.807) is 22.2 Å². The highest BCUT2D eigenvalue weighted by Gasteiger charge is 2.30. The number of hydrogen-bond donors (Lipinski definition) is 0. The highest BCUT2D eigenvalue weighted by molar-refractivity contribution is 7.10. The van der Waals surface area contributed by atoms with Gasteiger partial charge < -0.3 is 4.90 Å². The Morgan fingerprint density at radius 2 is 2.10 bits per heavy atom. The summed E-state index contributed by atoms with van der Waals surface area (Å²) in [5.74, 6) is 1.12. The van der Waals surface area contributed by atoms with Crippen molar-refractivity contribution in [2.24, 2.45) is 0 Å². The second-order valence-electron chi connectivity index (χ2n) is 7.86. The van der Waals surface area contributed by atoms with E-state index in [-0.39, 0.29) is 11.9 Å². The van der Waals surface area contributed by atoms with Gasteiger partial charge in [-0.1, -0.05) is 12.1 Å². The van der Waals surface area contributed by atoms with Gasteiger partial charge in [-0.05, 0) is 56.3 Å². The van der Waals surface area contributed by atoms with Crippen LogP contribution in [-0.4, -0.2) is 37.6 Å². The van der Waals surface area contributed by atoms with E-state index in [0.717, 1.165) is 29.6 Å². The van der Waals surface area contributed by atoms with Gasteiger partial charge in [0.1, 0.15) is 0 Å². The molecule has 4 aromatic heterocycles. The predicted molar refractivity (Wildman–Crippen MR) is 118 cm³/mol. The second kappa shape index (κ2) is 7.32. The van der Waals surface area contributed by atoms with Gasteiger partial charge in [0.05, 0.1) is 22.7 Å². The van der Waals surface area contributed by atoms with E-state index in [4.69, 9.17) is 10.1 Å². The molecule has 5 rings (SSSR count). The molecule has 7 heteroatoms. The molecule has 1 unspecified atom stereocenters. The summed E-state index contributed by atoms with van der Waals surface area (Å²) in [5, 5.41) is 7.55. The van der Waals surface area contributed by atoms with Gasteiger partial charge in [-0.2, -0.15) is 9.78 Å². The zero-order valence-electron chi connectivity index (χ0n) is 17.2. The molecule has 1 aliphatic carbocycles. The molecule has 152 valence electrons. The molecule has 0 N–H and O–H groups in total. The first-order valence-electron chi connectivity index (χ1n) is 10.2. The molecule has 0 saturated heterocycles. The van der Waals surface area contributed by atoms with E-state index in [1.807, 2.05) is 54.6 Å². The smallest absolute Gasteiger partial charge is 0.255 e. The van der Waals surface area contributed by atoms with Crippen LogP contribution in [0, 0.1) is 6.92 Å². The Labute approximate surface area is 179 Å². The van der Waals surface area contributed by atoms with Crippen LogP contribution in [0.4, 0.5) is 0 Å². The number of rotatable bonds is 5. The van der Waals surface area contributed by atoms with Crippen molar-refractivity contribution >= 4 is 28.3 Å². The topological polar surface area (TPSA) is 63.9 Å². The zero-order chi connectivity index (χ0) is 20.8. The molecule has 0 spiro atoms. The lowest BCUT2D eigenvalue weighted by Crippen LogP contribution is -2.29. The van der Waals surface area contributed by atoms with Gasteiger partial charge in [0.15, 0.2) is 11.5 Å². The fourth-order valence-electron chi connectivity index (χ4n) is 3.79. The first kappa shape index (κ1) is 18.9. The highest BCUT2D eigenvalue weighted by Crippen LogP contribution is 2.41. The summed E-state index contributed by atoms with van der Waals surface area (Å²) < 4.78 is 1.76. The molecule has 1 atom stereocenters. The van der Waals surface area contributed by atoms with Crippen LogP contribution in [0.2, 0.25) is 0 Å². The molecule has 4 aromatic rings. The maximum Gasteiger partial charge on any atom is 0.255 e. The van der Waals surface area contributed by atoms with Crippen LogP contribution in [0.3, 0.4) is 0 Å². The number of nitrogens with zero attached hydrogens (tertiary/aromatic N) is 5. The monoisotopic (exact) mass is 417 g/mol. The largest absolute Gasteiger partial charge is 0.334 e. The van der Waals surface area contributed by atoms with E-state index in [9.17, 15) is 4.79 Å². The number of carbonyl (C=O) groups is 1. The van der Waals surface area contributed by atoms with E-state index in [2.05, 4.69) is 18.0 Å². The van der Waals surface area contributed by atoms with Crippen LogP contribution >= 0.6 is 11.3 Å². The minimum atomic E-state index is -0.00568. The number of amides is 1. The number of hydrogen-bond acceptors (Lipinski definition) is 5. The standard InChI is InChI=1S/C23H23N5OS/c1-14-21-17(23(29)27(3)15(2)19-7-6-12-30-19)13-18(16-9-10-16)25-22(21)28(26-14)20-8-4-5-11-24-20/h4-8,11-13,15-16H,9-10H2,1-3H3. The Balaban J connectivity index is 1.66. The van der Waals surface area contributed by atoms with E-state index >= 15 is 0 Å². The molecule has 30 heavy (non-hydrogen) atoms. The van der Waals surface area contributed by atoms with Crippen LogP contribution < -0.4 is 0 Å². The van der Waals surface area contributed by atoms with Gasteiger partial charge in [0.2, 0.25) is 0 Å². The van der Waals surface area contributed by atoms with Crippen molar-refractivity contribution < 1.29 is 4.79 Å². The molecule has 6 nitrogen and oxygen atoms in total. The first-order valence-corrected chi connectivity index (χ1v) is 11.0. The Bertz CT molecular complexity index is 1210. The van der Waals surface area contributed by atoms with E-state index < -0.39 is 0 Å². The van der Waals surface area contributed by atoms with Crippen LogP contribution in [0.1, 0.15) is 58.3 Å². The normalized spacial score (nSPS) is 14.8. The molecule has 1 aliphatic rings. The Kier molecular flexibility index (Phi) is 4.62. The van der Waals surface area contributed by atoms with Gasteiger partial charge in [0, 0.05) is 29.7 Å². The fourth-order valence-corrected chi connectivity index (χ4v) is 4.62. The molecule has 4 heterocycles. The lowest BCUT2D eigenvalue weighted by molar-refractivity contribution is 0.0746. The molecule has 0 radical (unpaired) electrons. The van der Waals surface area contributed by atoms with Crippen molar-refractivity contribution in [2.75, 3.05) is 7.05 Å². The summed E-state index contributed by atoms with van der Waals surface area (Å²) in [5.41, 5.74) is 3.13. The average Bonchev–Trinajstić information content (AvgIpc) is 3.38. The maximum absolute atomic E-state index is 13.6. The van der Waals surface area contributed by atoms with Crippen LogP contribution in [0.5, 0.6) is 0 Å². The predicted octanol–water partition coefficient (Wildman–Crippen LogP) is 4.90. The van der Waals surface area contributed by atoms with Crippen molar-refractivity contribution in [3.05, 3.63) is 69.8 Å². The summed E-state index contributed by atoms with van der Waals surface area (Å²) in [6.45, 7) is 3.99. The van der Waals surface area contributed by atoms with Gasteiger partial charge in [0.25, 0.3) is 5.91 Å². The van der Waals surface area contributed by atoms with Crippen molar-refractivity contribution in [1.29, 1.82) is 0 Å². The highest BCUT2D eigenvalue weighted by atomic mass is 32.1.